The lowest BCUT2D eigenvalue weighted by Crippen LogP contribution is -2.36. The average molecular weight is 328 g/mol. The molecular weight excluding hydrogens is 300 g/mol. The second-order valence-corrected chi connectivity index (χ2v) is 7.45. The van der Waals surface area contributed by atoms with Crippen molar-refractivity contribution < 1.29 is 9.59 Å². The van der Waals surface area contributed by atoms with Gasteiger partial charge in [-0.05, 0) is 55.1 Å². The van der Waals surface area contributed by atoms with Crippen molar-refractivity contribution in [3.63, 3.8) is 0 Å². The molecule has 2 saturated carbocycles. The van der Waals surface area contributed by atoms with Gasteiger partial charge in [0.25, 0.3) is 0 Å². The summed E-state index contributed by atoms with van der Waals surface area (Å²) in [6, 6.07) is 7.81. The van der Waals surface area contributed by atoms with Crippen LogP contribution < -0.4 is 5.32 Å². The van der Waals surface area contributed by atoms with Crippen LogP contribution in [-0.4, -0.2) is 30.3 Å². The van der Waals surface area contributed by atoms with Gasteiger partial charge in [0.05, 0.1) is 6.54 Å². The summed E-state index contributed by atoms with van der Waals surface area (Å²) in [6.07, 6.45) is 6.65. The number of nitrogens with zero attached hydrogens (tertiary/aromatic N) is 1. The predicted octanol–water partition coefficient (Wildman–Crippen LogP) is 3.47. The molecule has 1 aromatic rings. The first-order valence-corrected chi connectivity index (χ1v) is 9.18. The standard InChI is InChI=1S/C20H28N2O2/c1-3-15-6-4-5-7-18(15)21-19(23)13-22(2)20(24)12-17-11-14-8-9-16(17)10-14/h4-7,14,16-17H,3,8-13H2,1-2H3,(H,21,23). The normalized spacial score (nSPS) is 24.8. The van der Waals surface area contributed by atoms with E-state index in [-0.39, 0.29) is 18.4 Å². The van der Waals surface area contributed by atoms with E-state index in [9.17, 15) is 9.59 Å². The van der Waals surface area contributed by atoms with Crippen LogP contribution in [0, 0.1) is 17.8 Å². The molecule has 0 saturated heterocycles. The van der Waals surface area contributed by atoms with E-state index in [1.54, 1.807) is 11.9 Å². The van der Waals surface area contributed by atoms with Crippen LogP contribution >= 0.6 is 0 Å². The Hall–Kier alpha value is -1.84. The first-order valence-electron chi connectivity index (χ1n) is 9.18. The van der Waals surface area contributed by atoms with Crippen molar-refractivity contribution in [1.82, 2.24) is 4.90 Å². The molecule has 3 unspecified atom stereocenters. The Kier molecular flexibility index (Phi) is 5.22. The maximum atomic E-state index is 12.4. The Morgan fingerprint density at radius 2 is 2.00 bits per heavy atom. The summed E-state index contributed by atoms with van der Waals surface area (Å²) in [6.45, 7) is 2.19. The van der Waals surface area contributed by atoms with Crippen LogP contribution in [0.25, 0.3) is 0 Å². The first kappa shape index (κ1) is 17.0. The highest BCUT2D eigenvalue weighted by Gasteiger charge is 2.40. The van der Waals surface area contributed by atoms with Gasteiger partial charge >= 0.3 is 0 Å². The maximum Gasteiger partial charge on any atom is 0.243 e. The molecule has 4 heteroatoms. The fourth-order valence-corrected chi connectivity index (χ4v) is 4.45. The number of fused-ring (bicyclic) bond motifs is 2. The molecule has 2 aliphatic rings. The van der Waals surface area contributed by atoms with E-state index >= 15 is 0 Å². The molecule has 1 N–H and O–H groups in total. The molecule has 3 rings (SSSR count). The van der Waals surface area contributed by atoms with Crippen LogP contribution in [-0.2, 0) is 16.0 Å². The van der Waals surface area contributed by atoms with Gasteiger partial charge in [0, 0.05) is 19.2 Å². The zero-order valence-electron chi connectivity index (χ0n) is 14.8. The van der Waals surface area contributed by atoms with Crippen molar-refractivity contribution in [2.24, 2.45) is 17.8 Å². The summed E-state index contributed by atoms with van der Waals surface area (Å²) >= 11 is 0. The van der Waals surface area contributed by atoms with Crippen LogP contribution in [0.4, 0.5) is 5.69 Å². The van der Waals surface area contributed by atoms with E-state index in [0.717, 1.165) is 29.5 Å². The number of para-hydroxylation sites is 1. The van der Waals surface area contributed by atoms with Gasteiger partial charge in [-0.2, -0.15) is 0 Å². The van der Waals surface area contributed by atoms with E-state index in [0.29, 0.717) is 12.3 Å². The lowest BCUT2D eigenvalue weighted by atomic mass is 9.86. The predicted molar refractivity (Wildman–Crippen MR) is 95.6 cm³/mol. The summed E-state index contributed by atoms with van der Waals surface area (Å²) in [4.78, 5) is 26.3. The number of hydrogen-bond donors (Lipinski definition) is 1. The van der Waals surface area contributed by atoms with Gasteiger partial charge < -0.3 is 10.2 Å². The number of benzene rings is 1. The lowest BCUT2D eigenvalue weighted by molar-refractivity contribution is -0.134. The van der Waals surface area contributed by atoms with Crippen LogP contribution in [0.15, 0.2) is 24.3 Å². The third kappa shape index (κ3) is 3.80. The molecule has 1 aromatic carbocycles. The van der Waals surface area contributed by atoms with Crippen LogP contribution in [0.5, 0.6) is 0 Å². The second-order valence-electron chi connectivity index (χ2n) is 7.45. The molecule has 0 aromatic heterocycles. The number of nitrogens with one attached hydrogen (secondary N) is 1. The Labute approximate surface area is 144 Å². The van der Waals surface area contributed by atoms with Crippen molar-refractivity contribution in [3.8, 4) is 0 Å². The van der Waals surface area contributed by atoms with Crippen molar-refractivity contribution in [1.29, 1.82) is 0 Å². The highest BCUT2D eigenvalue weighted by Crippen LogP contribution is 2.49. The zero-order chi connectivity index (χ0) is 17.1. The Bertz CT molecular complexity index is 613. The van der Waals surface area contributed by atoms with E-state index < -0.39 is 0 Å². The van der Waals surface area contributed by atoms with Crippen LogP contribution in [0.1, 0.15) is 44.6 Å². The Morgan fingerprint density at radius 3 is 2.67 bits per heavy atom. The number of rotatable bonds is 6. The quantitative estimate of drug-likeness (QED) is 0.869. The number of aryl methyl sites for hydroxylation is 1. The zero-order valence-corrected chi connectivity index (χ0v) is 14.8. The smallest absolute Gasteiger partial charge is 0.243 e. The third-order valence-corrected chi connectivity index (χ3v) is 5.80. The minimum atomic E-state index is -0.125. The number of amides is 2. The third-order valence-electron chi connectivity index (χ3n) is 5.80. The van der Waals surface area contributed by atoms with Gasteiger partial charge in [-0.15, -0.1) is 0 Å². The number of likely N-dealkylation sites (N-methyl/N-ethyl adjacent to an activating group) is 1. The number of anilines is 1. The second kappa shape index (κ2) is 7.37. The summed E-state index contributed by atoms with van der Waals surface area (Å²) in [7, 11) is 1.74. The first-order chi connectivity index (χ1) is 11.6. The molecule has 0 spiro atoms. The summed E-state index contributed by atoms with van der Waals surface area (Å²) in [5.74, 6) is 2.12. The summed E-state index contributed by atoms with van der Waals surface area (Å²) in [5.41, 5.74) is 1.96. The SMILES string of the molecule is CCc1ccccc1NC(=O)CN(C)C(=O)CC1CC2CCC1C2. The van der Waals surface area contributed by atoms with E-state index in [1.807, 2.05) is 24.3 Å². The number of carbonyl (C=O) groups is 2. The fraction of sp³-hybridized carbons (Fsp3) is 0.600. The molecule has 24 heavy (non-hydrogen) atoms. The Morgan fingerprint density at radius 1 is 1.21 bits per heavy atom. The molecular formula is C20H28N2O2. The molecule has 4 nitrogen and oxygen atoms in total. The van der Waals surface area contributed by atoms with Gasteiger partial charge in [0.1, 0.15) is 0 Å². The summed E-state index contributed by atoms with van der Waals surface area (Å²) < 4.78 is 0. The molecule has 2 bridgehead atoms. The van der Waals surface area contributed by atoms with E-state index in [2.05, 4.69) is 12.2 Å². The molecule has 2 fully saturated rings. The molecule has 130 valence electrons. The van der Waals surface area contributed by atoms with Gasteiger partial charge in [-0.1, -0.05) is 31.5 Å². The van der Waals surface area contributed by atoms with Crippen LogP contribution in [0.3, 0.4) is 0 Å². The largest absolute Gasteiger partial charge is 0.336 e. The van der Waals surface area contributed by atoms with Crippen molar-refractivity contribution in [2.45, 2.75) is 45.4 Å². The van der Waals surface area contributed by atoms with Gasteiger partial charge in [0.15, 0.2) is 0 Å². The molecule has 0 aliphatic heterocycles. The van der Waals surface area contributed by atoms with Crippen molar-refractivity contribution in [2.75, 3.05) is 18.9 Å². The average Bonchev–Trinajstić information content (AvgIpc) is 3.18. The number of hydrogen-bond acceptors (Lipinski definition) is 2. The molecule has 0 heterocycles. The van der Waals surface area contributed by atoms with E-state index in [1.165, 1.54) is 25.7 Å². The fourth-order valence-electron chi connectivity index (χ4n) is 4.45. The van der Waals surface area contributed by atoms with Gasteiger partial charge in [-0.25, -0.2) is 0 Å². The van der Waals surface area contributed by atoms with Crippen LogP contribution in [0.2, 0.25) is 0 Å². The van der Waals surface area contributed by atoms with E-state index in [4.69, 9.17) is 0 Å². The minimum absolute atomic E-state index is 0.103. The highest BCUT2D eigenvalue weighted by molar-refractivity contribution is 5.95. The molecule has 2 amide bonds. The highest BCUT2D eigenvalue weighted by atomic mass is 16.2. The monoisotopic (exact) mass is 328 g/mol. The summed E-state index contributed by atoms with van der Waals surface area (Å²) in [5, 5.41) is 2.94. The lowest BCUT2D eigenvalue weighted by Gasteiger charge is -2.24. The Balaban J connectivity index is 1.49. The molecule has 3 atom stereocenters. The molecule has 0 radical (unpaired) electrons. The van der Waals surface area contributed by atoms with Gasteiger partial charge in [0.2, 0.25) is 11.8 Å². The minimum Gasteiger partial charge on any atom is -0.336 e. The maximum absolute atomic E-state index is 12.4. The van der Waals surface area contributed by atoms with Crippen molar-refractivity contribution >= 4 is 17.5 Å². The van der Waals surface area contributed by atoms with Gasteiger partial charge in [-0.3, -0.25) is 9.59 Å². The topological polar surface area (TPSA) is 49.4 Å². The number of carbonyl (C=O) groups excluding carboxylic acids is 2. The molecule has 2 aliphatic carbocycles. The van der Waals surface area contributed by atoms with Crippen molar-refractivity contribution in [3.05, 3.63) is 29.8 Å².